The van der Waals surface area contributed by atoms with Gasteiger partial charge in [0.05, 0.1) is 6.61 Å². The molecule has 2 heteroatoms. The van der Waals surface area contributed by atoms with Crippen molar-refractivity contribution in [2.24, 2.45) is 28.6 Å². The van der Waals surface area contributed by atoms with Gasteiger partial charge in [-0.25, -0.2) is 0 Å². The molecule has 0 bridgehead atoms. The van der Waals surface area contributed by atoms with Crippen LogP contribution in [0.4, 0.5) is 0 Å². The molecule has 0 spiro atoms. The molecule has 2 aliphatic carbocycles. The van der Waals surface area contributed by atoms with Crippen LogP contribution < -0.4 is 0 Å². The van der Waals surface area contributed by atoms with E-state index in [2.05, 4.69) is 27.7 Å². The normalized spacial score (nSPS) is 41.7. The molecule has 2 rings (SSSR count). The number of esters is 1. The maximum absolute atomic E-state index is 10.9. The number of ether oxygens (including phenoxy) is 1. The molecule has 4 unspecified atom stereocenters. The molecule has 0 N–H and O–H groups in total. The van der Waals surface area contributed by atoms with Gasteiger partial charge in [0, 0.05) is 12.3 Å². The van der Waals surface area contributed by atoms with Crippen molar-refractivity contribution in [1.29, 1.82) is 0 Å². The van der Waals surface area contributed by atoms with Crippen LogP contribution in [0.25, 0.3) is 0 Å². The Balaban J connectivity index is 1.84. The van der Waals surface area contributed by atoms with E-state index in [0.717, 1.165) is 17.8 Å². The fraction of sp³-hybridized carbons (Fsp3) is 0.938. The summed E-state index contributed by atoms with van der Waals surface area (Å²) in [6, 6.07) is 0. The molecule has 0 saturated heterocycles. The van der Waals surface area contributed by atoms with Gasteiger partial charge in [-0.05, 0) is 48.9 Å². The van der Waals surface area contributed by atoms with Gasteiger partial charge in [0.2, 0.25) is 0 Å². The summed E-state index contributed by atoms with van der Waals surface area (Å²) >= 11 is 0. The lowest BCUT2D eigenvalue weighted by Gasteiger charge is -2.32. The molecule has 0 aromatic rings. The lowest BCUT2D eigenvalue weighted by atomic mass is 9.74. The number of carbonyl (C=O) groups is 1. The first kappa shape index (κ1) is 13.9. The molecule has 0 aliphatic heterocycles. The molecule has 0 aromatic carbocycles. The Morgan fingerprint density at radius 2 is 1.89 bits per heavy atom. The van der Waals surface area contributed by atoms with E-state index >= 15 is 0 Å². The zero-order valence-corrected chi connectivity index (χ0v) is 12.6. The van der Waals surface area contributed by atoms with Crippen molar-refractivity contribution in [3.63, 3.8) is 0 Å². The van der Waals surface area contributed by atoms with Crippen LogP contribution >= 0.6 is 0 Å². The molecular formula is C16H28O2. The van der Waals surface area contributed by atoms with Crippen molar-refractivity contribution in [3.05, 3.63) is 0 Å². The van der Waals surface area contributed by atoms with Crippen molar-refractivity contribution in [3.8, 4) is 0 Å². The van der Waals surface area contributed by atoms with E-state index in [1.165, 1.54) is 32.6 Å². The fourth-order valence-corrected chi connectivity index (χ4v) is 3.68. The van der Waals surface area contributed by atoms with Crippen LogP contribution in [0.1, 0.15) is 60.3 Å². The lowest BCUT2D eigenvalue weighted by molar-refractivity contribution is -0.142. The van der Waals surface area contributed by atoms with Crippen molar-refractivity contribution in [2.45, 2.75) is 60.3 Å². The summed E-state index contributed by atoms with van der Waals surface area (Å²) in [6.45, 7) is 11.7. The van der Waals surface area contributed by atoms with E-state index in [-0.39, 0.29) is 11.4 Å². The zero-order chi connectivity index (χ0) is 13.6. The molecule has 2 nitrogen and oxygen atoms in total. The molecule has 0 radical (unpaired) electrons. The molecule has 0 amide bonds. The maximum Gasteiger partial charge on any atom is 0.302 e. The summed E-state index contributed by atoms with van der Waals surface area (Å²) in [5.74, 6) is 2.33. The number of rotatable bonds is 4. The quantitative estimate of drug-likeness (QED) is 0.706. The van der Waals surface area contributed by atoms with Gasteiger partial charge in [-0.3, -0.25) is 4.79 Å². The number of carbonyl (C=O) groups excluding carboxylic acids is 1. The van der Waals surface area contributed by atoms with E-state index in [9.17, 15) is 4.79 Å². The summed E-state index contributed by atoms with van der Waals surface area (Å²) < 4.78 is 5.20. The van der Waals surface area contributed by atoms with Gasteiger partial charge >= 0.3 is 5.97 Å². The lowest BCUT2D eigenvalue weighted by Crippen LogP contribution is -2.24. The Bertz CT molecular complexity index is 334. The average Bonchev–Trinajstić information content (AvgIpc) is 2.84. The summed E-state index contributed by atoms with van der Waals surface area (Å²) in [5, 5.41) is 0. The largest absolute Gasteiger partial charge is 0.465 e. The van der Waals surface area contributed by atoms with Crippen LogP contribution in [-0.2, 0) is 9.53 Å². The van der Waals surface area contributed by atoms with E-state index in [0.29, 0.717) is 12.0 Å². The van der Waals surface area contributed by atoms with E-state index in [4.69, 9.17) is 4.74 Å². The standard InChI is InChI=1S/C16H28O2/c1-11-6-7-13(15(11,3)4)8-14-9-16(14,5)10-18-12(2)17/h11,13-14H,6-10H2,1-5H3. The van der Waals surface area contributed by atoms with Gasteiger partial charge in [0.15, 0.2) is 0 Å². The highest BCUT2D eigenvalue weighted by Gasteiger charge is 2.53. The second-order valence-corrected chi connectivity index (χ2v) is 7.57. The van der Waals surface area contributed by atoms with Gasteiger partial charge < -0.3 is 4.74 Å². The van der Waals surface area contributed by atoms with Crippen molar-refractivity contribution < 1.29 is 9.53 Å². The predicted molar refractivity (Wildman–Crippen MR) is 73.1 cm³/mol. The van der Waals surface area contributed by atoms with Crippen molar-refractivity contribution in [2.75, 3.05) is 6.61 Å². The second-order valence-electron chi connectivity index (χ2n) is 7.57. The monoisotopic (exact) mass is 252 g/mol. The van der Waals surface area contributed by atoms with Crippen LogP contribution in [0.2, 0.25) is 0 Å². The Labute approximate surface area is 111 Å². The van der Waals surface area contributed by atoms with Gasteiger partial charge in [0.1, 0.15) is 0 Å². The van der Waals surface area contributed by atoms with Gasteiger partial charge in [-0.1, -0.05) is 27.7 Å². The highest BCUT2D eigenvalue weighted by Crippen LogP contribution is 2.59. The molecule has 18 heavy (non-hydrogen) atoms. The Morgan fingerprint density at radius 3 is 2.39 bits per heavy atom. The minimum Gasteiger partial charge on any atom is -0.465 e. The van der Waals surface area contributed by atoms with Gasteiger partial charge in [-0.2, -0.15) is 0 Å². The van der Waals surface area contributed by atoms with Crippen LogP contribution in [-0.4, -0.2) is 12.6 Å². The minimum atomic E-state index is -0.142. The molecular weight excluding hydrogens is 224 g/mol. The van der Waals surface area contributed by atoms with Gasteiger partial charge in [-0.15, -0.1) is 0 Å². The van der Waals surface area contributed by atoms with E-state index in [1.54, 1.807) is 0 Å². The summed E-state index contributed by atoms with van der Waals surface area (Å²) in [7, 11) is 0. The summed E-state index contributed by atoms with van der Waals surface area (Å²) in [6.07, 6.45) is 5.33. The SMILES string of the molecule is CC(=O)OCC1(C)CC1CC1CCC(C)C1(C)C. The summed E-state index contributed by atoms with van der Waals surface area (Å²) in [5.41, 5.74) is 0.762. The van der Waals surface area contributed by atoms with E-state index < -0.39 is 0 Å². The van der Waals surface area contributed by atoms with Crippen LogP contribution in [0.3, 0.4) is 0 Å². The van der Waals surface area contributed by atoms with E-state index in [1.807, 2.05) is 0 Å². The number of hydrogen-bond acceptors (Lipinski definition) is 2. The molecule has 0 aromatic heterocycles. The third-order valence-corrected chi connectivity index (χ3v) is 5.98. The first-order valence-corrected chi connectivity index (χ1v) is 7.39. The Hall–Kier alpha value is -0.530. The molecule has 2 saturated carbocycles. The Morgan fingerprint density at radius 1 is 1.22 bits per heavy atom. The molecule has 2 fully saturated rings. The van der Waals surface area contributed by atoms with Crippen molar-refractivity contribution in [1.82, 2.24) is 0 Å². The van der Waals surface area contributed by atoms with Crippen LogP contribution in [0, 0.1) is 28.6 Å². The zero-order valence-electron chi connectivity index (χ0n) is 12.6. The molecule has 2 aliphatic rings. The summed E-state index contributed by atoms with van der Waals surface area (Å²) in [4.78, 5) is 10.9. The Kier molecular flexibility index (Phi) is 3.50. The topological polar surface area (TPSA) is 26.3 Å². The number of hydrogen-bond donors (Lipinski definition) is 0. The molecule has 0 heterocycles. The van der Waals surface area contributed by atoms with Gasteiger partial charge in [0.25, 0.3) is 0 Å². The molecule has 4 atom stereocenters. The fourth-order valence-electron chi connectivity index (χ4n) is 3.68. The predicted octanol–water partition coefficient (Wildman–Crippen LogP) is 4.04. The maximum atomic E-state index is 10.9. The second kappa shape index (κ2) is 4.54. The highest BCUT2D eigenvalue weighted by molar-refractivity contribution is 5.65. The first-order chi connectivity index (χ1) is 8.25. The molecule has 104 valence electrons. The highest BCUT2D eigenvalue weighted by atomic mass is 16.5. The smallest absolute Gasteiger partial charge is 0.302 e. The minimum absolute atomic E-state index is 0.142. The first-order valence-electron chi connectivity index (χ1n) is 7.39. The van der Waals surface area contributed by atoms with Crippen LogP contribution in [0.5, 0.6) is 0 Å². The van der Waals surface area contributed by atoms with Crippen LogP contribution in [0.15, 0.2) is 0 Å². The third kappa shape index (κ3) is 2.57. The van der Waals surface area contributed by atoms with Crippen molar-refractivity contribution >= 4 is 5.97 Å². The third-order valence-electron chi connectivity index (χ3n) is 5.98. The average molecular weight is 252 g/mol.